The summed E-state index contributed by atoms with van der Waals surface area (Å²) in [6, 6.07) is 9.11. The Morgan fingerprint density at radius 1 is 0.692 bits per heavy atom. The molecule has 0 atom stereocenters. The molecule has 0 amide bonds. The quantitative estimate of drug-likeness (QED) is 0.315. The summed E-state index contributed by atoms with van der Waals surface area (Å²) in [5.74, 6) is 1.35. The molecule has 39 heavy (non-hydrogen) atoms. The molecule has 0 aliphatic rings. The number of rotatable bonds is 8. The Bertz CT molecular complexity index is 1150. The molecule has 0 saturated carbocycles. The van der Waals surface area contributed by atoms with Gasteiger partial charge in [0, 0.05) is 12.0 Å². The summed E-state index contributed by atoms with van der Waals surface area (Å²) in [7, 11) is 1.76. The van der Waals surface area contributed by atoms with Crippen LogP contribution in [0, 0.1) is 5.41 Å². The Labute approximate surface area is 238 Å². The average molecular weight is 539 g/mol. The summed E-state index contributed by atoms with van der Waals surface area (Å²) >= 11 is 0. The molecule has 2 aromatic carbocycles. The number of benzene rings is 2. The first kappa shape index (κ1) is 32.7. The Morgan fingerprint density at radius 2 is 1.18 bits per heavy atom. The van der Waals surface area contributed by atoms with Crippen molar-refractivity contribution in [2.45, 2.75) is 119 Å². The third-order valence-electron chi connectivity index (χ3n) is 6.89. The second kappa shape index (κ2) is 11.9. The molecule has 0 N–H and O–H groups in total. The number of esters is 1. The molecule has 0 fully saturated rings. The number of ether oxygens (including phenoxy) is 3. The number of methoxy groups -OCH3 is 1. The number of carbonyl (C=O) groups is 1. The molecule has 4 heteroatoms. The molecule has 0 saturated heterocycles. The molecule has 0 bridgehead atoms. The van der Waals surface area contributed by atoms with Crippen LogP contribution in [0.25, 0.3) is 0 Å². The van der Waals surface area contributed by atoms with Crippen LogP contribution in [0.15, 0.2) is 24.3 Å². The molecule has 0 unspecified atom stereocenters. The fourth-order valence-electron chi connectivity index (χ4n) is 4.80. The SMILES string of the molecule is CCOC(=O)COc1c(Cc2cc(C(C)(C)C)cc(C(C)(C)C)c2OC)cc(C(C)(C)C)cc1CC(C)(C)C. The van der Waals surface area contributed by atoms with E-state index in [4.69, 9.17) is 14.2 Å². The Balaban J connectivity index is 2.87. The lowest BCUT2D eigenvalue weighted by Gasteiger charge is -2.30. The Morgan fingerprint density at radius 3 is 1.62 bits per heavy atom. The monoisotopic (exact) mass is 538 g/mol. The summed E-state index contributed by atoms with van der Waals surface area (Å²) in [5.41, 5.74) is 6.93. The van der Waals surface area contributed by atoms with Gasteiger partial charge in [0.25, 0.3) is 0 Å². The van der Waals surface area contributed by atoms with E-state index < -0.39 is 0 Å². The van der Waals surface area contributed by atoms with Gasteiger partial charge in [-0.05, 0) is 62.8 Å². The van der Waals surface area contributed by atoms with Crippen molar-refractivity contribution in [2.75, 3.05) is 20.3 Å². The van der Waals surface area contributed by atoms with Crippen molar-refractivity contribution in [1.82, 2.24) is 0 Å². The second-order valence-corrected chi connectivity index (χ2v) is 15.1. The molecule has 0 heterocycles. The minimum Gasteiger partial charge on any atom is -0.496 e. The number of hydrogen-bond acceptors (Lipinski definition) is 4. The van der Waals surface area contributed by atoms with E-state index in [2.05, 4.69) is 107 Å². The predicted octanol–water partition coefficient (Wildman–Crippen LogP) is 8.71. The van der Waals surface area contributed by atoms with Crippen molar-refractivity contribution in [3.63, 3.8) is 0 Å². The maximum absolute atomic E-state index is 12.4. The van der Waals surface area contributed by atoms with Gasteiger partial charge >= 0.3 is 5.97 Å². The van der Waals surface area contributed by atoms with E-state index in [1.165, 1.54) is 16.7 Å². The molecule has 4 nitrogen and oxygen atoms in total. The highest BCUT2D eigenvalue weighted by Crippen LogP contribution is 2.42. The highest BCUT2D eigenvalue weighted by atomic mass is 16.6. The molecule has 2 rings (SSSR count). The topological polar surface area (TPSA) is 44.8 Å². The van der Waals surface area contributed by atoms with Crippen molar-refractivity contribution in [1.29, 1.82) is 0 Å². The van der Waals surface area contributed by atoms with Crippen LogP contribution in [0.3, 0.4) is 0 Å². The van der Waals surface area contributed by atoms with E-state index in [0.29, 0.717) is 13.0 Å². The van der Waals surface area contributed by atoms with Crippen LogP contribution in [0.4, 0.5) is 0 Å². The van der Waals surface area contributed by atoms with Crippen LogP contribution in [-0.2, 0) is 38.6 Å². The first-order chi connectivity index (χ1) is 17.7. The summed E-state index contributed by atoms with van der Waals surface area (Å²) in [6.07, 6.45) is 1.46. The third kappa shape index (κ3) is 9.01. The van der Waals surface area contributed by atoms with Gasteiger partial charge in [-0.25, -0.2) is 4.79 Å². The molecule has 0 spiro atoms. The minimum absolute atomic E-state index is 0.0189. The highest BCUT2D eigenvalue weighted by Gasteiger charge is 2.28. The van der Waals surface area contributed by atoms with E-state index in [1.54, 1.807) is 7.11 Å². The second-order valence-electron chi connectivity index (χ2n) is 15.1. The van der Waals surface area contributed by atoms with Gasteiger partial charge in [-0.2, -0.15) is 0 Å². The first-order valence-corrected chi connectivity index (χ1v) is 14.3. The van der Waals surface area contributed by atoms with E-state index in [1.807, 2.05) is 6.92 Å². The van der Waals surface area contributed by atoms with Crippen LogP contribution in [0.5, 0.6) is 11.5 Å². The highest BCUT2D eigenvalue weighted by molar-refractivity contribution is 5.71. The van der Waals surface area contributed by atoms with Crippen LogP contribution in [0.2, 0.25) is 0 Å². The molecule has 0 aliphatic heterocycles. The van der Waals surface area contributed by atoms with Crippen LogP contribution in [0.1, 0.15) is 123 Å². The smallest absolute Gasteiger partial charge is 0.344 e. The summed E-state index contributed by atoms with van der Waals surface area (Å²) in [5, 5.41) is 0. The van der Waals surface area contributed by atoms with Crippen LogP contribution < -0.4 is 9.47 Å². The lowest BCUT2D eigenvalue weighted by molar-refractivity contribution is -0.145. The van der Waals surface area contributed by atoms with Crippen molar-refractivity contribution in [3.05, 3.63) is 57.6 Å². The summed E-state index contributed by atoms with van der Waals surface area (Å²) < 4.78 is 17.6. The Hall–Kier alpha value is -2.49. The molecule has 0 aromatic heterocycles. The molecule has 2 aromatic rings. The van der Waals surface area contributed by atoms with E-state index in [-0.39, 0.29) is 34.2 Å². The van der Waals surface area contributed by atoms with Gasteiger partial charge in [0.15, 0.2) is 6.61 Å². The van der Waals surface area contributed by atoms with Crippen molar-refractivity contribution >= 4 is 5.97 Å². The fourth-order valence-corrected chi connectivity index (χ4v) is 4.80. The van der Waals surface area contributed by atoms with Crippen LogP contribution in [-0.4, -0.2) is 26.3 Å². The van der Waals surface area contributed by atoms with Gasteiger partial charge in [0.1, 0.15) is 11.5 Å². The first-order valence-electron chi connectivity index (χ1n) is 14.3. The molecular weight excluding hydrogens is 484 g/mol. The van der Waals surface area contributed by atoms with Gasteiger partial charge in [-0.15, -0.1) is 0 Å². The zero-order valence-corrected chi connectivity index (χ0v) is 27.3. The van der Waals surface area contributed by atoms with Crippen molar-refractivity contribution in [3.8, 4) is 11.5 Å². The summed E-state index contributed by atoms with van der Waals surface area (Å²) in [4.78, 5) is 12.4. The Kier molecular flexibility index (Phi) is 10.0. The third-order valence-corrected chi connectivity index (χ3v) is 6.89. The van der Waals surface area contributed by atoms with Crippen molar-refractivity contribution in [2.24, 2.45) is 5.41 Å². The standard InChI is InChI=1S/C35H54O4/c1-15-38-29(36)22-39-30-23(17-26(33(5,6)7)19-25(30)21-32(2,3)4)16-24-18-27(34(8,9)10)20-28(31(24)37-14)35(11,12)13/h17-20H,15-16,21-22H2,1-14H3. The molecule has 0 radical (unpaired) electrons. The normalized spacial score (nSPS) is 12.9. The van der Waals surface area contributed by atoms with E-state index >= 15 is 0 Å². The largest absolute Gasteiger partial charge is 0.496 e. The summed E-state index contributed by atoms with van der Waals surface area (Å²) in [6.45, 7) is 28.9. The van der Waals surface area contributed by atoms with Crippen LogP contribution >= 0.6 is 0 Å². The number of hydrogen-bond donors (Lipinski definition) is 0. The van der Waals surface area contributed by atoms with Crippen molar-refractivity contribution < 1.29 is 19.0 Å². The number of carbonyl (C=O) groups excluding carboxylic acids is 1. The van der Waals surface area contributed by atoms with Gasteiger partial charge in [-0.1, -0.05) is 107 Å². The zero-order chi connectivity index (χ0) is 30.0. The average Bonchev–Trinajstić information content (AvgIpc) is 2.75. The maximum Gasteiger partial charge on any atom is 0.344 e. The van der Waals surface area contributed by atoms with Gasteiger partial charge in [0.2, 0.25) is 0 Å². The lowest BCUT2D eigenvalue weighted by Crippen LogP contribution is -2.20. The lowest BCUT2D eigenvalue weighted by atomic mass is 9.77. The van der Waals surface area contributed by atoms with Gasteiger partial charge in [-0.3, -0.25) is 0 Å². The molecular formula is C35H54O4. The van der Waals surface area contributed by atoms with Gasteiger partial charge in [0.05, 0.1) is 13.7 Å². The zero-order valence-electron chi connectivity index (χ0n) is 27.3. The minimum atomic E-state index is -0.354. The molecule has 0 aliphatic carbocycles. The van der Waals surface area contributed by atoms with Gasteiger partial charge < -0.3 is 14.2 Å². The van der Waals surface area contributed by atoms with E-state index in [0.717, 1.165) is 34.6 Å². The maximum atomic E-state index is 12.4. The molecule has 218 valence electrons. The van der Waals surface area contributed by atoms with E-state index in [9.17, 15) is 4.79 Å². The predicted molar refractivity (Wildman–Crippen MR) is 164 cm³/mol. The fraction of sp³-hybridized carbons (Fsp3) is 0.629.